The van der Waals surface area contributed by atoms with Gasteiger partial charge in [0.1, 0.15) is 11.2 Å². The van der Waals surface area contributed by atoms with E-state index < -0.39 is 22.8 Å². The van der Waals surface area contributed by atoms with Gasteiger partial charge in [0, 0.05) is 22.3 Å². The molecule has 0 aliphatic carbocycles. The van der Waals surface area contributed by atoms with Crippen LogP contribution in [0.15, 0.2) is 42.5 Å². The molecule has 0 amide bonds. The van der Waals surface area contributed by atoms with E-state index in [2.05, 4.69) is 0 Å². The zero-order valence-corrected chi connectivity index (χ0v) is 16.3. The lowest BCUT2D eigenvalue weighted by Crippen LogP contribution is -2.31. The molecule has 0 aromatic heterocycles. The Kier molecular flexibility index (Phi) is 5.71. The molecular weight excluding hydrogens is 368 g/mol. The van der Waals surface area contributed by atoms with Gasteiger partial charge in [-0.1, -0.05) is 41.9 Å². The van der Waals surface area contributed by atoms with E-state index in [1.165, 1.54) is 70.2 Å². The highest BCUT2D eigenvalue weighted by atomic mass is 35.5. The molecule has 0 aliphatic heterocycles. The van der Waals surface area contributed by atoms with Crippen molar-refractivity contribution in [1.29, 1.82) is 0 Å². The Morgan fingerprint density at radius 2 is 1.15 bits per heavy atom. The minimum atomic E-state index is -1.54. The number of benzene rings is 2. The molecule has 0 atom stereocenters. The minimum Gasteiger partial charge on any atom is -0.382 e. The number of aliphatic hydroxyl groups is 2. The summed E-state index contributed by atoms with van der Waals surface area (Å²) in [4.78, 5) is 36.8. The van der Waals surface area contributed by atoms with Crippen LogP contribution in [-0.2, 0) is 0 Å². The van der Waals surface area contributed by atoms with Crippen LogP contribution >= 0.6 is 11.6 Å². The SMILES string of the molecule is CC(C)(O)C(=O)c1ccc(C(=O)c2ccc(C(=O)C(C)(C)O)cc2Cl)cc1. The van der Waals surface area contributed by atoms with Crippen molar-refractivity contribution in [2.45, 2.75) is 38.9 Å². The summed E-state index contributed by atoms with van der Waals surface area (Å²) in [5.41, 5.74) is -2.04. The highest BCUT2D eigenvalue weighted by Crippen LogP contribution is 2.24. The van der Waals surface area contributed by atoms with Crippen LogP contribution in [-0.4, -0.2) is 38.8 Å². The van der Waals surface area contributed by atoms with Crippen molar-refractivity contribution in [2.24, 2.45) is 0 Å². The lowest BCUT2D eigenvalue weighted by molar-refractivity contribution is 0.0487. The molecule has 2 rings (SSSR count). The first kappa shape index (κ1) is 21.0. The van der Waals surface area contributed by atoms with E-state index in [1.54, 1.807) is 0 Å². The average molecular weight is 389 g/mol. The number of hydrogen-bond acceptors (Lipinski definition) is 5. The van der Waals surface area contributed by atoms with Crippen LogP contribution in [0.4, 0.5) is 0 Å². The monoisotopic (exact) mass is 388 g/mol. The highest BCUT2D eigenvalue weighted by molar-refractivity contribution is 6.35. The Hall–Kier alpha value is -2.34. The van der Waals surface area contributed by atoms with E-state index in [0.29, 0.717) is 5.56 Å². The predicted molar refractivity (Wildman–Crippen MR) is 103 cm³/mol. The van der Waals surface area contributed by atoms with Crippen molar-refractivity contribution in [2.75, 3.05) is 0 Å². The van der Waals surface area contributed by atoms with Gasteiger partial charge >= 0.3 is 0 Å². The van der Waals surface area contributed by atoms with E-state index >= 15 is 0 Å². The standard InChI is InChI=1S/C21H21ClO5/c1-20(2,26)18(24)13-7-5-12(6-8-13)17(23)15-10-9-14(11-16(15)22)19(25)21(3,4)27/h5-11,26-27H,1-4H3. The van der Waals surface area contributed by atoms with Crippen LogP contribution in [0.5, 0.6) is 0 Å². The van der Waals surface area contributed by atoms with Crippen molar-refractivity contribution >= 4 is 29.0 Å². The van der Waals surface area contributed by atoms with E-state index in [4.69, 9.17) is 11.6 Å². The van der Waals surface area contributed by atoms with Crippen molar-refractivity contribution in [3.63, 3.8) is 0 Å². The summed E-state index contributed by atoms with van der Waals surface area (Å²) in [5, 5.41) is 19.7. The third-order valence-corrected chi connectivity index (χ3v) is 4.31. The molecule has 0 fully saturated rings. The van der Waals surface area contributed by atoms with E-state index in [-0.39, 0.29) is 27.5 Å². The number of Topliss-reactive ketones (excluding diaryl/α,β-unsaturated/α-hetero) is 2. The van der Waals surface area contributed by atoms with Gasteiger partial charge in [-0.15, -0.1) is 0 Å². The molecule has 6 heteroatoms. The molecule has 0 spiro atoms. The Labute approximate surface area is 162 Å². The quantitative estimate of drug-likeness (QED) is 0.739. The number of carbonyl (C=O) groups excluding carboxylic acids is 3. The second-order valence-corrected chi connectivity index (χ2v) is 7.78. The summed E-state index contributed by atoms with van der Waals surface area (Å²) in [7, 11) is 0. The number of hydrogen-bond donors (Lipinski definition) is 2. The van der Waals surface area contributed by atoms with Crippen LogP contribution in [0.25, 0.3) is 0 Å². The van der Waals surface area contributed by atoms with E-state index in [0.717, 1.165) is 0 Å². The molecule has 2 aromatic rings. The molecule has 0 saturated heterocycles. The normalized spacial score (nSPS) is 12.0. The lowest BCUT2D eigenvalue weighted by Gasteiger charge is -2.16. The molecule has 0 saturated carbocycles. The Bertz CT molecular complexity index is 900. The molecule has 0 bridgehead atoms. The summed E-state index contributed by atoms with van der Waals surface area (Å²) in [6, 6.07) is 10.1. The number of ketones is 3. The van der Waals surface area contributed by atoms with Gasteiger partial charge in [0.2, 0.25) is 0 Å². The third-order valence-electron chi connectivity index (χ3n) is 4.00. The van der Waals surface area contributed by atoms with Gasteiger partial charge in [-0.05, 0) is 39.8 Å². The minimum absolute atomic E-state index is 0.0896. The van der Waals surface area contributed by atoms with Crippen LogP contribution < -0.4 is 0 Å². The predicted octanol–water partition coefficient (Wildman–Crippen LogP) is 3.48. The summed E-state index contributed by atoms with van der Waals surface area (Å²) in [6.07, 6.45) is 0. The molecule has 27 heavy (non-hydrogen) atoms. The van der Waals surface area contributed by atoms with Gasteiger partial charge < -0.3 is 10.2 Å². The molecule has 0 heterocycles. The van der Waals surface area contributed by atoms with Gasteiger partial charge in [-0.25, -0.2) is 0 Å². The average Bonchev–Trinajstić information content (AvgIpc) is 2.58. The van der Waals surface area contributed by atoms with E-state index in [1.807, 2.05) is 0 Å². The second kappa shape index (κ2) is 7.35. The van der Waals surface area contributed by atoms with Crippen molar-refractivity contribution < 1.29 is 24.6 Å². The first-order valence-corrected chi connectivity index (χ1v) is 8.69. The smallest absolute Gasteiger partial charge is 0.194 e. The fourth-order valence-electron chi connectivity index (χ4n) is 2.48. The van der Waals surface area contributed by atoms with Crippen molar-refractivity contribution in [3.05, 3.63) is 69.7 Å². The first-order valence-electron chi connectivity index (χ1n) is 8.31. The Morgan fingerprint density at radius 1 is 0.741 bits per heavy atom. The van der Waals surface area contributed by atoms with Crippen LogP contribution in [0.3, 0.4) is 0 Å². The maximum absolute atomic E-state index is 12.7. The van der Waals surface area contributed by atoms with Crippen molar-refractivity contribution in [3.8, 4) is 0 Å². The fraction of sp³-hybridized carbons (Fsp3) is 0.286. The topological polar surface area (TPSA) is 91.7 Å². The lowest BCUT2D eigenvalue weighted by atomic mass is 9.93. The molecule has 142 valence electrons. The maximum atomic E-state index is 12.7. The summed E-state index contributed by atoms with van der Waals surface area (Å²) in [5.74, 6) is -1.32. The van der Waals surface area contributed by atoms with Gasteiger partial charge in [-0.3, -0.25) is 14.4 Å². The first-order chi connectivity index (χ1) is 12.3. The van der Waals surface area contributed by atoms with Crippen LogP contribution in [0.2, 0.25) is 5.02 Å². The molecular formula is C21H21ClO5. The van der Waals surface area contributed by atoms with Crippen molar-refractivity contribution in [1.82, 2.24) is 0 Å². The van der Waals surface area contributed by atoms with Gasteiger partial charge in [0.05, 0.1) is 5.02 Å². The number of halogens is 1. The molecule has 2 aromatic carbocycles. The molecule has 0 radical (unpaired) electrons. The summed E-state index contributed by atoms with van der Waals surface area (Å²) >= 11 is 6.17. The molecule has 0 unspecified atom stereocenters. The van der Waals surface area contributed by atoms with Gasteiger partial charge in [0.15, 0.2) is 17.3 Å². The fourth-order valence-corrected chi connectivity index (χ4v) is 2.74. The maximum Gasteiger partial charge on any atom is 0.194 e. The Morgan fingerprint density at radius 3 is 1.59 bits per heavy atom. The highest BCUT2D eigenvalue weighted by Gasteiger charge is 2.27. The number of rotatable bonds is 6. The zero-order chi connectivity index (χ0) is 20.6. The van der Waals surface area contributed by atoms with E-state index in [9.17, 15) is 24.6 Å². The second-order valence-electron chi connectivity index (χ2n) is 7.38. The third kappa shape index (κ3) is 4.69. The Balaban J connectivity index is 2.31. The summed E-state index contributed by atoms with van der Waals surface area (Å²) in [6.45, 7) is 5.53. The molecule has 0 aliphatic rings. The molecule has 5 nitrogen and oxygen atoms in total. The summed E-state index contributed by atoms with van der Waals surface area (Å²) < 4.78 is 0. The number of carbonyl (C=O) groups is 3. The largest absolute Gasteiger partial charge is 0.382 e. The molecule has 2 N–H and O–H groups in total. The van der Waals surface area contributed by atoms with Gasteiger partial charge in [0.25, 0.3) is 0 Å². The van der Waals surface area contributed by atoms with Crippen LogP contribution in [0, 0.1) is 0 Å². The van der Waals surface area contributed by atoms with Gasteiger partial charge in [-0.2, -0.15) is 0 Å². The van der Waals surface area contributed by atoms with Crippen LogP contribution in [0.1, 0.15) is 64.3 Å². The zero-order valence-electron chi connectivity index (χ0n) is 15.5.